The van der Waals surface area contributed by atoms with E-state index >= 15 is 0 Å². The molecule has 0 saturated heterocycles. The second-order valence-corrected chi connectivity index (χ2v) is 4.06. The van der Waals surface area contributed by atoms with Crippen molar-refractivity contribution in [2.75, 3.05) is 11.2 Å². The van der Waals surface area contributed by atoms with E-state index in [0.29, 0.717) is 35.5 Å². The second-order valence-electron chi connectivity index (χ2n) is 3.68. The minimum absolute atomic E-state index is 0.115. The Morgan fingerprint density at radius 1 is 1.41 bits per heavy atom. The lowest BCUT2D eigenvalue weighted by atomic mass is 10.1. The van der Waals surface area contributed by atoms with Crippen LogP contribution in [-0.4, -0.2) is 17.7 Å². The summed E-state index contributed by atoms with van der Waals surface area (Å²) in [5.74, 6) is -0.164. The van der Waals surface area contributed by atoms with Crippen LogP contribution in [0.2, 0.25) is 0 Å². The maximum absolute atomic E-state index is 11.5. The zero-order valence-corrected chi connectivity index (χ0v) is 10.4. The van der Waals surface area contributed by atoms with Gasteiger partial charge >= 0.3 is 0 Å². The number of carbonyl (C=O) groups excluding carboxylic acids is 2. The Labute approximate surface area is 105 Å². The molecule has 3 N–H and O–H groups in total. The molecule has 0 aromatic heterocycles. The average molecular weight is 255 g/mol. The minimum atomic E-state index is -0.501. The summed E-state index contributed by atoms with van der Waals surface area (Å²) in [5, 5.41) is 2.73. The molecule has 0 aliphatic carbocycles. The summed E-state index contributed by atoms with van der Waals surface area (Å²) in [4.78, 5) is 22.6. The van der Waals surface area contributed by atoms with Crippen LogP contribution in [0.5, 0.6) is 0 Å². The molecule has 92 valence electrons. The van der Waals surface area contributed by atoms with Gasteiger partial charge < -0.3 is 11.1 Å². The van der Waals surface area contributed by atoms with Gasteiger partial charge in [-0.05, 0) is 31.0 Å². The highest BCUT2D eigenvalue weighted by Gasteiger charge is 2.10. The summed E-state index contributed by atoms with van der Waals surface area (Å²) in [6, 6.07) is 5.05. The standard InChI is InChI=1S/C12H15ClN2O2/c1-8-9(12(14)17)4-2-5-10(8)15-11(16)6-3-7-13/h2,4-5H,3,6-7H2,1H3,(H2,14,17)(H,15,16). The summed E-state index contributed by atoms with van der Waals surface area (Å²) in [6.07, 6.45) is 0.992. The lowest BCUT2D eigenvalue weighted by Gasteiger charge is -2.10. The van der Waals surface area contributed by atoms with E-state index in [1.807, 2.05) is 0 Å². The summed E-state index contributed by atoms with van der Waals surface area (Å²) in [5.41, 5.74) is 6.93. The molecular formula is C12H15ClN2O2. The number of halogens is 1. The molecule has 0 aliphatic heterocycles. The van der Waals surface area contributed by atoms with E-state index in [2.05, 4.69) is 5.32 Å². The van der Waals surface area contributed by atoms with Gasteiger partial charge in [0.15, 0.2) is 0 Å². The van der Waals surface area contributed by atoms with Gasteiger partial charge in [-0.2, -0.15) is 0 Å². The molecule has 0 radical (unpaired) electrons. The van der Waals surface area contributed by atoms with Crippen molar-refractivity contribution in [2.45, 2.75) is 19.8 Å². The van der Waals surface area contributed by atoms with E-state index in [4.69, 9.17) is 17.3 Å². The lowest BCUT2D eigenvalue weighted by Crippen LogP contribution is -2.16. The first-order valence-corrected chi connectivity index (χ1v) is 5.85. The van der Waals surface area contributed by atoms with Crippen molar-refractivity contribution in [3.05, 3.63) is 29.3 Å². The molecule has 0 heterocycles. The van der Waals surface area contributed by atoms with Crippen LogP contribution in [0.3, 0.4) is 0 Å². The largest absolute Gasteiger partial charge is 0.366 e. The number of hydrogen-bond acceptors (Lipinski definition) is 2. The van der Waals surface area contributed by atoms with Gasteiger partial charge in [0.25, 0.3) is 0 Å². The predicted octanol–water partition coefficient (Wildman–Crippen LogP) is 2.05. The minimum Gasteiger partial charge on any atom is -0.366 e. The molecule has 1 aromatic carbocycles. The molecule has 0 unspecified atom stereocenters. The number of alkyl halides is 1. The number of rotatable bonds is 5. The number of nitrogens with one attached hydrogen (secondary N) is 1. The number of hydrogen-bond donors (Lipinski definition) is 2. The van der Waals surface area contributed by atoms with Gasteiger partial charge in [-0.25, -0.2) is 0 Å². The summed E-state index contributed by atoms with van der Waals surface area (Å²) < 4.78 is 0. The van der Waals surface area contributed by atoms with Crippen LogP contribution >= 0.6 is 11.6 Å². The SMILES string of the molecule is Cc1c(NC(=O)CCCCl)cccc1C(N)=O. The van der Waals surface area contributed by atoms with Crippen molar-refractivity contribution in [3.8, 4) is 0 Å². The molecule has 5 heteroatoms. The number of nitrogens with two attached hydrogens (primary N) is 1. The van der Waals surface area contributed by atoms with Crippen LogP contribution < -0.4 is 11.1 Å². The number of amides is 2. The fourth-order valence-electron chi connectivity index (χ4n) is 1.48. The van der Waals surface area contributed by atoms with Crippen molar-refractivity contribution in [3.63, 3.8) is 0 Å². The maximum Gasteiger partial charge on any atom is 0.249 e. The normalized spacial score (nSPS) is 10.0. The first-order chi connectivity index (χ1) is 8.06. The van der Waals surface area contributed by atoms with Gasteiger partial charge in [-0.15, -0.1) is 11.6 Å². The third-order valence-electron chi connectivity index (χ3n) is 2.41. The molecule has 1 rings (SSSR count). The highest BCUT2D eigenvalue weighted by molar-refractivity contribution is 6.18. The van der Waals surface area contributed by atoms with Gasteiger partial charge in [-0.1, -0.05) is 6.07 Å². The Kier molecular flexibility index (Phi) is 4.97. The van der Waals surface area contributed by atoms with Crippen LogP contribution in [0.1, 0.15) is 28.8 Å². The molecule has 0 saturated carbocycles. The maximum atomic E-state index is 11.5. The van der Waals surface area contributed by atoms with E-state index < -0.39 is 5.91 Å². The third-order valence-corrected chi connectivity index (χ3v) is 2.68. The number of anilines is 1. The van der Waals surface area contributed by atoms with E-state index in [9.17, 15) is 9.59 Å². The van der Waals surface area contributed by atoms with Gasteiger partial charge in [0.05, 0.1) is 0 Å². The van der Waals surface area contributed by atoms with Crippen LogP contribution in [0.25, 0.3) is 0 Å². The fourth-order valence-corrected chi connectivity index (χ4v) is 1.61. The molecule has 17 heavy (non-hydrogen) atoms. The van der Waals surface area contributed by atoms with Crippen LogP contribution in [0.15, 0.2) is 18.2 Å². The van der Waals surface area contributed by atoms with Gasteiger partial charge in [0.1, 0.15) is 0 Å². The molecule has 0 atom stereocenters. The van der Waals surface area contributed by atoms with Crippen molar-refractivity contribution < 1.29 is 9.59 Å². The lowest BCUT2D eigenvalue weighted by molar-refractivity contribution is -0.116. The van der Waals surface area contributed by atoms with E-state index in [1.165, 1.54) is 0 Å². The number of carbonyl (C=O) groups is 2. The highest BCUT2D eigenvalue weighted by Crippen LogP contribution is 2.18. The van der Waals surface area contributed by atoms with E-state index in [0.717, 1.165) is 0 Å². The first-order valence-electron chi connectivity index (χ1n) is 5.31. The molecule has 2 amide bonds. The summed E-state index contributed by atoms with van der Waals surface area (Å²) >= 11 is 5.51. The molecule has 0 spiro atoms. The average Bonchev–Trinajstić information content (AvgIpc) is 2.28. The molecular weight excluding hydrogens is 240 g/mol. The van der Waals surface area contributed by atoms with Gasteiger partial charge in [-0.3, -0.25) is 9.59 Å². The topological polar surface area (TPSA) is 72.2 Å². The summed E-state index contributed by atoms with van der Waals surface area (Å²) in [7, 11) is 0. The zero-order valence-electron chi connectivity index (χ0n) is 9.63. The summed E-state index contributed by atoms with van der Waals surface area (Å²) in [6.45, 7) is 1.75. The van der Waals surface area contributed by atoms with Crippen molar-refractivity contribution in [1.82, 2.24) is 0 Å². The van der Waals surface area contributed by atoms with E-state index in [1.54, 1.807) is 25.1 Å². The van der Waals surface area contributed by atoms with Crippen molar-refractivity contribution in [1.29, 1.82) is 0 Å². The molecule has 0 bridgehead atoms. The first kappa shape index (κ1) is 13.5. The molecule has 0 aliphatic rings. The number of primary amides is 1. The smallest absolute Gasteiger partial charge is 0.249 e. The van der Waals surface area contributed by atoms with Crippen LogP contribution in [0, 0.1) is 6.92 Å². The predicted molar refractivity (Wildman–Crippen MR) is 68.3 cm³/mol. The molecule has 0 fully saturated rings. The van der Waals surface area contributed by atoms with Gasteiger partial charge in [0, 0.05) is 23.6 Å². The zero-order chi connectivity index (χ0) is 12.8. The molecule has 1 aromatic rings. The third kappa shape index (κ3) is 3.75. The highest BCUT2D eigenvalue weighted by atomic mass is 35.5. The Morgan fingerprint density at radius 2 is 2.12 bits per heavy atom. The monoisotopic (exact) mass is 254 g/mol. The second kappa shape index (κ2) is 6.25. The van der Waals surface area contributed by atoms with Crippen LogP contribution in [-0.2, 0) is 4.79 Å². The Balaban J connectivity index is 2.81. The van der Waals surface area contributed by atoms with Gasteiger partial charge in [0.2, 0.25) is 11.8 Å². The van der Waals surface area contributed by atoms with E-state index in [-0.39, 0.29) is 5.91 Å². The quantitative estimate of drug-likeness (QED) is 0.790. The molecule has 4 nitrogen and oxygen atoms in total. The van der Waals surface area contributed by atoms with Crippen LogP contribution in [0.4, 0.5) is 5.69 Å². The Morgan fingerprint density at radius 3 is 2.71 bits per heavy atom. The number of benzene rings is 1. The Bertz CT molecular complexity index is 433. The van der Waals surface area contributed by atoms with Crippen molar-refractivity contribution >= 4 is 29.1 Å². The fraction of sp³-hybridized carbons (Fsp3) is 0.333. The Hall–Kier alpha value is -1.55. The van der Waals surface area contributed by atoms with Crippen molar-refractivity contribution in [2.24, 2.45) is 5.73 Å².